The van der Waals surface area contributed by atoms with Gasteiger partial charge in [0, 0.05) is 11.8 Å². The van der Waals surface area contributed by atoms with Crippen molar-refractivity contribution in [1.29, 1.82) is 0 Å². The van der Waals surface area contributed by atoms with Gasteiger partial charge in [0.1, 0.15) is 24.7 Å². The standard InChI is InChI=1S/C20H14F2N6O2/c21-14-2-1-3-15(18(14)22)28-20(25-26-27-28)13-8-12(10-24-19(13)23)11-4-5-16-17(9-11)30-7-6-29-16/h1-5,8-10H,6-7H2,(H2,23,24). The maximum absolute atomic E-state index is 14.3. The van der Waals surface area contributed by atoms with Crippen LogP contribution in [0.1, 0.15) is 0 Å². The Hall–Kier alpha value is -4.08. The van der Waals surface area contributed by atoms with E-state index in [0.717, 1.165) is 16.3 Å². The van der Waals surface area contributed by atoms with Gasteiger partial charge < -0.3 is 15.2 Å². The highest BCUT2D eigenvalue weighted by molar-refractivity contribution is 5.77. The molecule has 3 heterocycles. The van der Waals surface area contributed by atoms with Crippen molar-refractivity contribution in [2.24, 2.45) is 0 Å². The summed E-state index contributed by atoms with van der Waals surface area (Å²) in [6.45, 7) is 0.967. The van der Waals surface area contributed by atoms with E-state index >= 15 is 0 Å². The maximum Gasteiger partial charge on any atom is 0.190 e. The van der Waals surface area contributed by atoms with Crippen molar-refractivity contribution in [3.63, 3.8) is 0 Å². The van der Waals surface area contributed by atoms with E-state index in [1.807, 2.05) is 18.2 Å². The van der Waals surface area contributed by atoms with Gasteiger partial charge in [0.25, 0.3) is 0 Å². The average Bonchev–Trinajstić information content (AvgIpc) is 3.25. The van der Waals surface area contributed by atoms with Crippen LogP contribution in [0.15, 0.2) is 48.7 Å². The number of hydrogen-bond acceptors (Lipinski definition) is 7. The molecule has 0 spiro atoms. The quantitative estimate of drug-likeness (QED) is 0.556. The summed E-state index contributed by atoms with van der Waals surface area (Å²) in [7, 11) is 0. The van der Waals surface area contributed by atoms with Crippen LogP contribution < -0.4 is 15.2 Å². The van der Waals surface area contributed by atoms with E-state index in [1.54, 1.807) is 12.3 Å². The van der Waals surface area contributed by atoms with Crippen LogP contribution in [-0.2, 0) is 0 Å². The molecule has 0 aliphatic carbocycles. The molecular weight excluding hydrogens is 394 g/mol. The summed E-state index contributed by atoms with van der Waals surface area (Å²) in [5, 5.41) is 11.3. The molecule has 0 saturated carbocycles. The number of nitrogens with two attached hydrogens (primary N) is 1. The zero-order valence-corrected chi connectivity index (χ0v) is 15.4. The molecule has 5 rings (SSSR count). The minimum absolute atomic E-state index is 0.129. The molecule has 0 radical (unpaired) electrons. The average molecular weight is 408 g/mol. The van der Waals surface area contributed by atoms with Gasteiger partial charge in [0.2, 0.25) is 0 Å². The third-order valence-electron chi connectivity index (χ3n) is 4.66. The smallest absolute Gasteiger partial charge is 0.190 e. The summed E-state index contributed by atoms with van der Waals surface area (Å²) in [6.07, 6.45) is 1.60. The molecule has 0 atom stereocenters. The number of ether oxygens (including phenoxy) is 2. The largest absolute Gasteiger partial charge is 0.486 e. The summed E-state index contributed by atoms with van der Waals surface area (Å²) in [6, 6.07) is 11.0. The Kier molecular flexibility index (Phi) is 4.24. The number of fused-ring (bicyclic) bond motifs is 1. The first kappa shape index (κ1) is 18.0. The topological polar surface area (TPSA) is 101 Å². The number of benzene rings is 2. The highest BCUT2D eigenvalue weighted by Gasteiger charge is 2.20. The first-order chi connectivity index (χ1) is 14.6. The third kappa shape index (κ3) is 2.98. The van der Waals surface area contributed by atoms with Crippen molar-refractivity contribution in [1.82, 2.24) is 25.2 Å². The highest BCUT2D eigenvalue weighted by Crippen LogP contribution is 2.36. The number of halogens is 2. The minimum Gasteiger partial charge on any atom is -0.486 e. The second kappa shape index (κ2) is 7.07. The van der Waals surface area contributed by atoms with E-state index in [2.05, 4.69) is 20.5 Å². The number of nitrogen functional groups attached to an aromatic ring is 1. The van der Waals surface area contributed by atoms with E-state index in [1.165, 1.54) is 12.1 Å². The van der Waals surface area contributed by atoms with Gasteiger partial charge in [-0.3, -0.25) is 0 Å². The minimum atomic E-state index is -1.07. The molecule has 0 amide bonds. The van der Waals surface area contributed by atoms with E-state index in [-0.39, 0.29) is 17.3 Å². The SMILES string of the molecule is Nc1ncc(-c2ccc3c(c2)OCCO3)cc1-c1nnnn1-c1cccc(F)c1F. The number of rotatable bonds is 3. The molecule has 0 fully saturated rings. The molecule has 1 aliphatic rings. The fourth-order valence-corrected chi connectivity index (χ4v) is 3.21. The van der Waals surface area contributed by atoms with Gasteiger partial charge in [-0.25, -0.2) is 13.8 Å². The van der Waals surface area contributed by atoms with Gasteiger partial charge in [0.05, 0.1) is 5.56 Å². The summed E-state index contributed by atoms with van der Waals surface area (Å²) in [4.78, 5) is 4.23. The number of nitrogens with zero attached hydrogens (tertiary/aromatic N) is 5. The van der Waals surface area contributed by atoms with Crippen LogP contribution in [0.4, 0.5) is 14.6 Å². The summed E-state index contributed by atoms with van der Waals surface area (Å²) in [5.41, 5.74) is 7.81. The lowest BCUT2D eigenvalue weighted by molar-refractivity contribution is 0.171. The monoisotopic (exact) mass is 408 g/mol. The fraction of sp³-hybridized carbons (Fsp3) is 0.100. The van der Waals surface area contributed by atoms with Crippen LogP contribution in [0, 0.1) is 11.6 Å². The zero-order chi connectivity index (χ0) is 20.7. The Morgan fingerprint density at radius 1 is 0.967 bits per heavy atom. The second-order valence-corrected chi connectivity index (χ2v) is 6.50. The Morgan fingerprint density at radius 3 is 2.67 bits per heavy atom. The molecule has 1 aliphatic heterocycles. The van der Waals surface area contributed by atoms with Crippen molar-refractivity contribution < 1.29 is 18.3 Å². The van der Waals surface area contributed by atoms with Crippen molar-refractivity contribution in [2.75, 3.05) is 18.9 Å². The third-order valence-corrected chi connectivity index (χ3v) is 4.66. The van der Waals surface area contributed by atoms with E-state index in [4.69, 9.17) is 15.2 Å². The first-order valence-electron chi connectivity index (χ1n) is 9.00. The molecule has 8 nitrogen and oxygen atoms in total. The number of anilines is 1. The summed E-state index contributed by atoms with van der Waals surface area (Å²) >= 11 is 0. The molecule has 2 N–H and O–H groups in total. The van der Waals surface area contributed by atoms with Crippen LogP contribution in [0.5, 0.6) is 11.5 Å². The Labute approximate surface area is 168 Å². The molecule has 2 aromatic carbocycles. The van der Waals surface area contributed by atoms with Crippen molar-refractivity contribution in [3.8, 4) is 39.7 Å². The lowest BCUT2D eigenvalue weighted by Crippen LogP contribution is -2.15. The van der Waals surface area contributed by atoms with E-state index in [9.17, 15) is 8.78 Å². The van der Waals surface area contributed by atoms with Crippen LogP contribution in [0.25, 0.3) is 28.2 Å². The number of aromatic nitrogens is 5. The van der Waals surface area contributed by atoms with Gasteiger partial charge in [-0.1, -0.05) is 12.1 Å². The molecule has 0 saturated heterocycles. The predicted octanol–water partition coefficient (Wildman–Crippen LogP) is 3.02. The number of tetrazole rings is 1. The van der Waals surface area contributed by atoms with Crippen molar-refractivity contribution in [3.05, 3.63) is 60.3 Å². The molecule has 0 bridgehead atoms. The molecular formula is C20H14F2N6O2. The predicted molar refractivity (Wildman–Crippen MR) is 103 cm³/mol. The molecule has 2 aromatic heterocycles. The van der Waals surface area contributed by atoms with Gasteiger partial charge in [-0.15, -0.1) is 5.10 Å². The van der Waals surface area contributed by atoms with Crippen molar-refractivity contribution >= 4 is 5.82 Å². The molecule has 150 valence electrons. The fourth-order valence-electron chi connectivity index (χ4n) is 3.21. The Morgan fingerprint density at radius 2 is 1.80 bits per heavy atom. The van der Waals surface area contributed by atoms with Crippen LogP contribution in [-0.4, -0.2) is 38.4 Å². The Bertz CT molecular complexity index is 1260. The molecule has 10 heteroatoms. The normalized spacial score (nSPS) is 12.7. The first-order valence-corrected chi connectivity index (χ1v) is 9.00. The van der Waals surface area contributed by atoms with Crippen LogP contribution >= 0.6 is 0 Å². The van der Waals surface area contributed by atoms with Gasteiger partial charge in [-0.2, -0.15) is 4.68 Å². The number of hydrogen-bond donors (Lipinski definition) is 1. The summed E-state index contributed by atoms with van der Waals surface area (Å²) < 4.78 is 40.3. The Balaban J connectivity index is 1.61. The van der Waals surface area contributed by atoms with Gasteiger partial charge in [0.15, 0.2) is 29.0 Å². The van der Waals surface area contributed by atoms with Crippen molar-refractivity contribution in [2.45, 2.75) is 0 Å². The van der Waals surface area contributed by atoms with Crippen LogP contribution in [0.2, 0.25) is 0 Å². The summed E-state index contributed by atoms with van der Waals surface area (Å²) in [5.74, 6) is -0.512. The maximum atomic E-state index is 14.3. The van der Waals surface area contributed by atoms with Crippen LogP contribution in [0.3, 0.4) is 0 Å². The van der Waals surface area contributed by atoms with E-state index in [0.29, 0.717) is 35.8 Å². The number of pyridine rings is 1. The lowest BCUT2D eigenvalue weighted by Gasteiger charge is -2.19. The molecule has 0 unspecified atom stereocenters. The zero-order valence-electron chi connectivity index (χ0n) is 15.4. The second-order valence-electron chi connectivity index (χ2n) is 6.50. The molecule has 4 aromatic rings. The van der Waals surface area contributed by atoms with Gasteiger partial charge >= 0.3 is 0 Å². The van der Waals surface area contributed by atoms with Gasteiger partial charge in [-0.05, 0) is 46.3 Å². The highest BCUT2D eigenvalue weighted by atomic mass is 19.2. The van der Waals surface area contributed by atoms with E-state index < -0.39 is 11.6 Å². The lowest BCUT2D eigenvalue weighted by atomic mass is 10.0. The molecule has 30 heavy (non-hydrogen) atoms.